The Morgan fingerprint density at radius 1 is 1.30 bits per heavy atom. The van der Waals surface area contributed by atoms with Crippen LogP contribution in [-0.4, -0.2) is 21.3 Å². The molecule has 5 heteroatoms. The Kier molecular flexibility index (Phi) is 3.98. The number of benzene rings is 1. The number of nitrogens with zero attached hydrogens (tertiary/aromatic N) is 2. The fourth-order valence-electron chi connectivity index (χ4n) is 1.87. The van der Waals surface area contributed by atoms with Crippen molar-refractivity contribution in [3.05, 3.63) is 47.2 Å². The SMILES string of the molecule is Cc1ccc(C(C)C)c(Oc2nnccc2C(=O)O)c1. The van der Waals surface area contributed by atoms with Crippen LogP contribution in [0.15, 0.2) is 30.5 Å². The van der Waals surface area contributed by atoms with Crippen LogP contribution >= 0.6 is 0 Å². The Hall–Kier alpha value is -2.43. The highest BCUT2D eigenvalue weighted by atomic mass is 16.5. The first-order valence-corrected chi connectivity index (χ1v) is 6.32. The third-order valence-corrected chi connectivity index (χ3v) is 2.91. The van der Waals surface area contributed by atoms with Crippen molar-refractivity contribution in [1.29, 1.82) is 0 Å². The minimum Gasteiger partial charge on any atom is -0.477 e. The largest absolute Gasteiger partial charge is 0.477 e. The van der Waals surface area contributed by atoms with Crippen molar-refractivity contribution >= 4 is 5.97 Å². The van der Waals surface area contributed by atoms with Crippen LogP contribution in [0.5, 0.6) is 11.6 Å². The molecule has 0 radical (unpaired) electrons. The highest BCUT2D eigenvalue weighted by Crippen LogP contribution is 2.31. The van der Waals surface area contributed by atoms with Gasteiger partial charge in [-0.3, -0.25) is 0 Å². The Bertz CT molecular complexity index is 639. The summed E-state index contributed by atoms with van der Waals surface area (Å²) in [6.45, 7) is 6.05. The summed E-state index contributed by atoms with van der Waals surface area (Å²) in [6.07, 6.45) is 1.33. The summed E-state index contributed by atoms with van der Waals surface area (Å²) in [7, 11) is 0. The summed E-state index contributed by atoms with van der Waals surface area (Å²) in [5, 5.41) is 16.6. The van der Waals surface area contributed by atoms with E-state index >= 15 is 0 Å². The van der Waals surface area contributed by atoms with Gasteiger partial charge in [0.05, 0.1) is 6.20 Å². The lowest BCUT2D eigenvalue weighted by Gasteiger charge is -2.14. The molecular weight excluding hydrogens is 256 g/mol. The van der Waals surface area contributed by atoms with Gasteiger partial charge in [0.25, 0.3) is 5.88 Å². The van der Waals surface area contributed by atoms with E-state index < -0.39 is 5.97 Å². The fraction of sp³-hybridized carbons (Fsp3) is 0.267. The minimum absolute atomic E-state index is 0.00351. The number of carbonyl (C=O) groups is 1. The van der Waals surface area contributed by atoms with Gasteiger partial charge in [-0.05, 0) is 36.1 Å². The molecule has 20 heavy (non-hydrogen) atoms. The smallest absolute Gasteiger partial charge is 0.341 e. The number of rotatable bonds is 4. The van der Waals surface area contributed by atoms with Crippen LogP contribution in [0.2, 0.25) is 0 Å². The van der Waals surface area contributed by atoms with Gasteiger partial charge in [0.2, 0.25) is 0 Å². The van der Waals surface area contributed by atoms with Gasteiger partial charge in [0.1, 0.15) is 11.3 Å². The van der Waals surface area contributed by atoms with Gasteiger partial charge in [0.15, 0.2) is 0 Å². The van der Waals surface area contributed by atoms with Crippen molar-refractivity contribution in [2.75, 3.05) is 0 Å². The molecule has 1 aromatic heterocycles. The van der Waals surface area contributed by atoms with Gasteiger partial charge < -0.3 is 9.84 Å². The lowest BCUT2D eigenvalue weighted by Crippen LogP contribution is -2.04. The van der Waals surface area contributed by atoms with Crippen LogP contribution in [-0.2, 0) is 0 Å². The summed E-state index contributed by atoms with van der Waals surface area (Å²) in [6, 6.07) is 7.22. The number of carboxylic acids is 1. The molecule has 2 aromatic rings. The summed E-state index contributed by atoms with van der Waals surface area (Å²) < 4.78 is 5.69. The number of hydrogen-bond acceptors (Lipinski definition) is 4. The molecule has 0 bridgehead atoms. The quantitative estimate of drug-likeness (QED) is 0.923. The van der Waals surface area contributed by atoms with Crippen LogP contribution in [0.3, 0.4) is 0 Å². The van der Waals surface area contributed by atoms with Crippen molar-refractivity contribution in [1.82, 2.24) is 10.2 Å². The van der Waals surface area contributed by atoms with Gasteiger partial charge >= 0.3 is 5.97 Å². The van der Waals surface area contributed by atoms with Crippen LogP contribution in [0.25, 0.3) is 0 Å². The number of hydrogen-bond donors (Lipinski definition) is 1. The maximum Gasteiger partial charge on any atom is 0.341 e. The van der Waals surface area contributed by atoms with Crippen molar-refractivity contribution in [2.24, 2.45) is 0 Å². The normalized spacial score (nSPS) is 10.6. The maximum atomic E-state index is 11.1. The number of aryl methyl sites for hydroxylation is 1. The van der Waals surface area contributed by atoms with E-state index in [-0.39, 0.29) is 17.4 Å². The molecule has 0 atom stereocenters. The van der Waals surface area contributed by atoms with Gasteiger partial charge in [-0.25, -0.2) is 4.79 Å². The third kappa shape index (κ3) is 2.93. The molecule has 1 N–H and O–H groups in total. The lowest BCUT2D eigenvalue weighted by atomic mass is 10.0. The van der Waals surface area contributed by atoms with Crippen molar-refractivity contribution in [3.8, 4) is 11.6 Å². The standard InChI is InChI=1S/C15H16N2O3/c1-9(2)11-5-4-10(3)8-13(11)20-14-12(15(18)19)6-7-16-17-14/h4-9H,1-3H3,(H,18,19). The number of carboxylic acid groups (broad SMARTS) is 1. The van der Waals surface area contributed by atoms with E-state index in [1.807, 2.05) is 39.0 Å². The molecule has 1 heterocycles. The first kappa shape index (κ1) is 14.0. The number of aromatic nitrogens is 2. The van der Waals surface area contributed by atoms with E-state index in [1.165, 1.54) is 12.3 Å². The van der Waals surface area contributed by atoms with E-state index in [4.69, 9.17) is 9.84 Å². The minimum atomic E-state index is -1.09. The molecule has 0 spiro atoms. The van der Waals surface area contributed by atoms with Crippen LogP contribution in [0.1, 0.15) is 41.3 Å². The van der Waals surface area contributed by atoms with Crippen LogP contribution in [0.4, 0.5) is 0 Å². The summed E-state index contributed by atoms with van der Waals surface area (Å²) in [4.78, 5) is 11.1. The van der Waals surface area contributed by atoms with E-state index in [2.05, 4.69) is 10.2 Å². The predicted molar refractivity (Wildman–Crippen MR) is 74.3 cm³/mol. The molecule has 0 saturated carbocycles. The zero-order valence-corrected chi connectivity index (χ0v) is 11.6. The molecule has 0 unspecified atom stereocenters. The highest BCUT2D eigenvalue weighted by Gasteiger charge is 2.16. The van der Waals surface area contributed by atoms with Crippen LogP contribution < -0.4 is 4.74 Å². The summed E-state index contributed by atoms with van der Waals surface area (Å²) in [5.74, 6) is -0.209. The van der Waals surface area contributed by atoms with Crippen LogP contribution in [0, 0.1) is 6.92 Å². The molecule has 0 saturated heterocycles. The Labute approximate surface area is 117 Å². The molecular formula is C15H16N2O3. The molecule has 0 aliphatic heterocycles. The molecule has 2 rings (SSSR count). The number of aromatic carboxylic acids is 1. The molecule has 0 aliphatic carbocycles. The molecule has 5 nitrogen and oxygen atoms in total. The molecule has 0 aliphatic rings. The second-order valence-electron chi connectivity index (χ2n) is 4.85. The molecule has 0 fully saturated rings. The Morgan fingerprint density at radius 3 is 2.70 bits per heavy atom. The monoisotopic (exact) mass is 272 g/mol. The van der Waals surface area contributed by atoms with Crippen molar-refractivity contribution in [3.63, 3.8) is 0 Å². The third-order valence-electron chi connectivity index (χ3n) is 2.91. The Balaban J connectivity index is 2.45. The van der Waals surface area contributed by atoms with Crippen molar-refractivity contribution in [2.45, 2.75) is 26.7 Å². The average Bonchev–Trinajstić information content (AvgIpc) is 2.38. The second kappa shape index (κ2) is 5.69. The predicted octanol–water partition coefficient (Wildman–Crippen LogP) is 3.40. The zero-order valence-electron chi connectivity index (χ0n) is 11.6. The maximum absolute atomic E-state index is 11.1. The van der Waals surface area contributed by atoms with Gasteiger partial charge in [-0.15, -0.1) is 5.10 Å². The summed E-state index contributed by atoms with van der Waals surface area (Å²) >= 11 is 0. The lowest BCUT2D eigenvalue weighted by molar-refractivity contribution is 0.0693. The second-order valence-corrected chi connectivity index (χ2v) is 4.85. The van der Waals surface area contributed by atoms with E-state index in [1.54, 1.807) is 0 Å². The highest BCUT2D eigenvalue weighted by molar-refractivity contribution is 5.90. The van der Waals surface area contributed by atoms with E-state index in [0.717, 1.165) is 11.1 Å². The molecule has 0 amide bonds. The average molecular weight is 272 g/mol. The first-order chi connectivity index (χ1) is 9.49. The molecule has 104 valence electrons. The topological polar surface area (TPSA) is 72.3 Å². The number of ether oxygens (including phenoxy) is 1. The van der Waals surface area contributed by atoms with Crippen molar-refractivity contribution < 1.29 is 14.6 Å². The van der Waals surface area contributed by atoms with Gasteiger partial charge in [-0.2, -0.15) is 5.10 Å². The first-order valence-electron chi connectivity index (χ1n) is 6.32. The molecule has 1 aromatic carbocycles. The summed E-state index contributed by atoms with van der Waals surface area (Å²) in [5.41, 5.74) is 2.03. The van der Waals surface area contributed by atoms with E-state index in [9.17, 15) is 4.79 Å². The zero-order chi connectivity index (χ0) is 14.7. The van der Waals surface area contributed by atoms with Gasteiger partial charge in [-0.1, -0.05) is 26.0 Å². The fourth-order valence-corrected chi connectivity index (χ4v) is 1.87. The van der Waals surface area contributed by atoms with Gasteiger partial charge in [0, 0.05) is 0 Å². The van der Waals surface area contributed by atoms with E-state index in [0.29, 0.717) is 5.75 Å². The Morgan fingerprint density at radius 2 is 2.05 bits per heavy atom.